The van der Waals surface area contributed by atoms with Gasteiger partial charge in [-0.25, -0.2) is 17.6 Å². The number of anilines is 1. The van der Waals surface area contributed by atoms with Crippen LogP contribution in [0.5, 0.6) is 0 Å². The van der Waals surface area contributed by atoms with Crippen molar-refractivity contribution in [3.8, 4) is 0 Å². The van der Waals surface area contributed by atoms with Crippen LogP contribution >= 0.6 is 11.8 Å². The number of nitrogens with one attached hydrogen (secondary N) is 3. The van der Waals surface area contributed by atoms with E-state index in [1.54, 1.807) is 12.1 Å². The quantitative estimate of drug-likeness (QED) is 0.191. The number of unbranched alkanes of at least 4 members (excludes halogenated alkanes) is 2. The molecule has 2 aromatic rings. The zero-order valence-corrected chi connectivity index (χ0v) is 22.9. The van der Waals surface area contributed by atoms with Crippen LogP contribution in [0.4, 0.5) is 14.9 Å². The number of benzene rings is 1. The molecule has 38 heavy (non-hydrogen) atoms. The molecule has 5 N–H and O–H groups in total. The van der Waals surface area contributed by atoms with Gasteiger partial charge in [0.25, 0.3) is 0 Å². The van der Waals surface area contributed by atoms with Gasteiger partial charge in [0.1, 0.15) is 11.6 Å². The highest BCUT2D eigenvalue weighted by molar-refractivity contribution is 8.00. The van der Waals surface area contributed by atoms with E-state index in [9.17, 15) is 17.6 Å². The molecular formula is C25H36FN7O3S2. The third kappa shape index (κ3) is 7.93. The van der Waals surface area contributed by atoms with Crippen LogP contribution in [0, 0.1) is 0 Å². The first kappa shape index (κ1) is 28.4. The van der Waals surface area contributed by atoms with Crippen LogP contribution in [-0.2, 0) is 22.8 Å². The Labute approximate surface area is 227 Å². The van der Waals surface area contributed by atoms with Crippen molar-refractivity contribution in [2.75, 3.05) is 29.9 Å². The second kappa shape index (κ2) is 13.4. The van der Waals surface area contributed by atoms with E-state index < -0.39 is 21.4 Å². The van der Waals surface area contributed by atoms with Gasteiger partial charge in [-0.2, -0.15) is 11.8 Å². The summed E-state index contributed by atoms with van der Waals surface area (Å²) >= 11 is 1.95. The summed E-state index contributed by atoms with van der Waals surface area (Å²) in [4.78, 5) is 11.6. The van der Waals surface area contributed by atoms with Crippen molar-refractivity contribution < 1.29 is 17.6 Å². The summed E-state index contributed by atoms with van der Waals surface area (Å²) in [6.07, 6.45) is 8.99. The first-order chi connectivity index (χ1) is 18.3. The molecule has 2 saturated heterocycles. The topological polar surface area (TPSA) is 144 Å². The molecule has 0 radical (unpaired) electrons. The lowest BCUT2D eigenvalue weighted by Crippen LogP contribution is -2.36. The molecule has 1 aromatic carbocycles. The lowest BCUT2D eigenvalue weighted by atomic mass is 10.0. The van der Waals surface area contributed by atoms with E-state index in [0.29, 0.717) is 17.5 Å². The van der Waals surface area contributed by atoms with Crippen molar-refractivity contribution >= 4 is 33.3 Å². The maximum absolute atomic E-state index is 13.7. The molecule has 208 valence electrons. The van der Waals surface area contributed by atoms with Gasteiger partial charge in [-0.3, -0.25) is 4.68 Å². The molecule has 0 bridgehead atoms. The van der Waals surface area contributed by atoms with Crippen LogP contribution in [0.3, 0.4) is 0 Å². The van der Waals surface area contributed by atoms with Crippen LogP contribution in [0.2, 0.25) is 0 Å². The second-order valence-electron chi connectivity index (χ2n) is 9.65. The number of amides is 2. The van der Waals surface area contributed by atoms with E-state index in [4.69, 9.17) is 5.73 Å². The highest BCUT2D eigenvalue weighted by Crippen LogP contribution is 2.33. The molecule has 0 spiro atoms. The van der Waals surface area contributed by atoms with E-state index in [1.807, 2.05) is 22.6 Å². The maximum atomic E-state index is 13.7. The minimum absolute atomic E-state index is 0.0342. The third-order valence-electron chi connectivity index (χ3n) is 6.70. The standard InChI is InChI=1S/C25H36FN7O3S2/c26-18(10-11-27)17-38(35,36)21-8-4-6-19(14-21)28-12-5-7-20-15-33(32-31-20)13-3-1-2-9-23-24-22(16-37-23)29-25(34)30-24/h4,6,8,10,14-15,22-24,28H,1-3,5,7,9,11-13,16-17,27H2,(H2,29,30,34)/b18-10-/t22?,23-,24-/m0/s1. The number of rotatable bonds is 15. The smallest absolute Gasteiger partial charge is 0.315 e. The predicted octanol–water partition coefficient (Wildman–Crippen LogP) is 2.63. The summed E-state index contributed by atoms with van der Waals surface area (Å²) in [6.45, 7) is 1.42. The van der Waals surface area contributed by atoms with Crippen LogP contribution in [0.25, 0.3) is 0 Å². The number of halogens is 1. The molecule has 2 fully saturated rings. The minimum atomic E-state index is -3.78. The summed E-state index contributed by atoms with van der Waals surface area (Å²) in [5, 5.41) is 18.2. The van der Waals surface area contributed by atoms with Gasteiger partial charge >= 0.3 is 6.03 Å². The van der Waals surface area contributed by atoms with Crippen molar-refractivity contribution in [3.05, 3.63) is 48.1 Å². The Morgan fingerprint density at radius 2 is 2.13 bits per heavy atom. The van der Waals surface area contributed by atoms with Gasteiger partial charge < -0.3 is 21.7 Å². The lowest BCUT2D eigenvalue weighted by molar-refractivity contribution is 0.247. The van der Waals surface area contributed by atoms with Crippen LogP contribution < -0.4 is 21.7 Å². The summed E-state index contributed by atoms with van der Waals surface area (Å²) < 4.78 is 40.4. The second-order valence-corrected chi connectivity index (χ2v) is 12.9. The van der Waals surface area contributed by atoms with Crippen molar-refractivity contribution in [2.45, 2.75) is 67.3 Å². The van der Waals surface area contributed by atoms with E-state index in [-0.39, 0.29) is 29.6 Å². The molecule has 10 nitrogen and oxygen atoms in total. The molecule has 1 aromatic heterocycles. The van der Waals surface area contributed by atoms with E-state index >= 15 is 0 Å². The number of fused-ring (bicyclic) bond motifs is 1. The van der Waals surface area contributed by atoms with Gasteiger partial charge in [-0.15, -0.1) is 5.10 Å². The zero-order valence-electron chi connectivity index (χ0n) is 21.3. The summed E-state index contributed by atoms with van der Waals surface area (Å²) in [7, 11) is -3.78. The molecule has 13 heteroatoms. The molecule has 3 atom stereocenters. The molecule has 1 unspecified atom stereocenters. The van der Waals surface area contributed by atoms with Crippen LogP contribution in [0.15, 0.2) is 47.3 Å². The number of aryl methyl sites for hydroxylation is 2. The first-order valence-electron chi connectivity index (χ1n) is 13.0. The number of thioether (sulfide) groups is 1. The fourth-order valence-electron chi connectivity index (χ4n) is 4.75. The molecule has 3 heterocycles. The zero-order chi connectivity index (χ0) is 27.0. The average molecular weight is 566 g/mol. The van der Waals surface area contributed by atoms with E-state index in [0.717, 1.165) is 62.6 Å². The Hall–Kier alpha value is -2.64. The predicted molar refractivity (Wildman–Crippen MR) is 148 cm³/mol. The molecule has 2 aliphatic rings. The number of hydrogen-bond acceptors (Lipinski definition) is 8. The number of carbonyl (C=O) groups is 1. The van der Waals surface area contributed by atoms with Crippen molar-refractivity contribution in [3.63, 3.8) is 0 Å². The Kier molecular flexibility index (Phi) is 10.0. The van der Waals surface area contributed by atoms with Crippen LogP contribution in [-0.4, -0.2) is 71.4 Å². The van der Waals surface area contributed by atoms with Gasteiger partial charge in [-0.1, -0.05) is 24.1 Å². The summed E-state index contributed by atoms with van der Waals surface area (Å²) in [5.41, 5.74) is 6.83. The monoisotopic (exact) mass is 565 g/mol. The number of hydrogen-bond donors (Lipinski definition) is 4. The number of carbonyl (C=O) groups excluding carboxylic acids is 1. The molecule has 0 aliphatic carbocycles. The van der Waals surface area contributed by atoms with E-state index in [1.165, 1.54) is 12.1 Å². The van der Waals surface area contributed by atoms with Gasteiger partial charge in [0.2, 0.25) is 0 Å². The van der Waals surface area contributed by atoms with Gasteiger partial charge in [0.15, 0.2) is 9.84 Å². The molecule has 0 saturated carbocycles. The van der Waals surface area contributed by atoms with E-state index in [2.05, 4.69) is 26.3 Å². The SMILES string of the molecule is NC/C=C(\F)CS(=O)(=O)c1cccc(NCCCc2cn(CCCCC[C@@H]3SCC4NC(=O)N[C@@H]43)nn2)c1. The number of aromatic nitrogens is 3. The summed E-state index contributed by atoms with van der Waals surface area (Å²) in [5.74, 6) is -0.451. The normalized spacial score (nSPS) is 21.3. The highest BCUT2D eigenvalue weighted by Gasteiger charge is 2.42. The molecule has 2 amide bonds. The number of sulfone groups is 1. The molecular weight excluding hydrogens is 529 g/mol. The fraction of sp³-hybridized carbons (Fsp3) is 0.560. The highest BCUT2D eigenvalue weighted by atomic mass is 32.2. The van der Waals surface area contributed by atoms with Crippen molar-refractivity contribution in [1.29, 1.82) is 0 Å². The Morgan fingerprint density at radius 3 is 2.97 bits per heavy atom. The lowest BCUT2D eigenvalue weighted by Gasteiger charge is -2.16. The number of urea groups is 1. The fourth-order valence-corrected chi connectivity index (χ4v) is 7.54. The van der Waals surface area contributed by atoms with Gasteiger partial charge in [-0.05, 0) is 50.0 Å². The summed E-state index contributed by atoms with van der Waals surface area (Å²) in [6, 6.07) is 6.92. The minimum Gasteiger partial charge on any atom is -0.385 e. The Balaban J connectivity index is 1.12. The Bertz CT molecular complexity index is 1220. The average Bonchev–Trinajstić information content (AvgIpc) is 3.58. The van der Waals surface area contributed by atoms with Crippen molar-refractivity contribution in [2.24, 2.45) is 5.73 Å². The third-order valence-corrected chi connectivity index (χ3v) is 9.84. The number of nitrogens with two attached hydrogens (primary N) is 1. The van der Waals surface area contributed by atoms with Gasteiger partial charge in [0.05, 0.1) is 22.7 Å². The van der Waals surface area contributed by atoms with Crippen LogP contribution in [0.1, 0.15) is 37.8 Å². The van der Waals surface area contributed by atoms with Gasteiger partial charge in [0, 0.05) is 42.5 Å². The Morgan fingerprint density at radius 1 is 1.26 bits per heavy atom. The largest absolute Gasteiger partial charge is 0.385 e. The van der Waals surface area contributed by atoms with Crippen molar-refractivity contribution in [1.82, 2.24) is 25.6 Å². The first-order valence-corrected chi connectivity index (χ1v) is 15.7. The molecule has 2 aliphatic heterocycles. The maximum Gasteiger partial charge on any atom is 0.315 e. The molecule has 4 rings (SSSR count). The number of nitrogens with zero attached hydrogens (tertiary/aromatic N) is 3.